The maximum absolute atomic E-state index is 9.10. The van der Waals surface area contributed by atoms with Crippen LogP contribution in [0.5, 0.6) is 0 Å². The number of hydrogen-bond acceptors (Lipinski definition) is 2. The molecule has 0 aromatic rings. The molecule has 0 amide bonds. The summed E-state index contributed by atoms with van der Waals surface area (Å²) in [6.07, 6.45) is 3.02. The van der Waals surface area contributed by atoms with Gasteiger partial charge in [-0.15, -0.1) is 0 Å². The number of halogens is 2. The molecule has 0 spiro atoms. The number of hydrogen-bond donors (Lipinski definition) is 1. The van der Waals surface area contributed by atoms with E-state index in [0.29, 0.717) is 27.8 Å². The second-order valence-corrected chi connectivity index (χ2v) is 3.41. The molecule has 0 bridgehead atoms. The molecule has 1 atom stereocenters. The van der Waals surface area contributed by atoms with E-state index in [-0.39, 0.29) is 0 Å². The second kappa shape index (κ2) is 2.80. The molecule has 2 nitrogen and oxygen atoms in total. The van der Waals surface area contributed by atoms with E-state index in [1.54, 1.807) is 6.08 Å². The van der Waals surface area contributed by atoms with Gasteiger partial charge in [0.15, 0.2) is 0 Å². The van der Waals surface area contributed by atoms with E-state index in [9.17, 15) is 0 Å². The highest BCUT2D eigenvalue weighted by Crippen LogP contribution is 2.38. The lowest BCUT2D eigenvalue weighted by atomic mass is 10.1. The molecule has 0 saturated heterocycles. The lowest BCUT2D eigenvalue weighted by Gasteiger charge is -2.11. The molecule has 0 fully saturated rings. The summed E-state index contributed by atoms with van der Waals surface area (Å²) in [5.41, 5.74) is 0.695. The SMILES string of the molecule is OC1C=C2C(=CCC(Cl)=C2Cl)O1. The third-order valence-corrected chi connectivity index (χ3v) is 2.64. The zero-order chi connectivity index (χ0) is 8.72. The van der Waals surface area contributed by atoms with Crippen molar-refractivity contribution in [2.45, 2.75) is 12.7 Å². The van der Waals surface area contributed by atoms with Crippen molar-refractivity contribution in [2.75, 3.05) is 0 Å². The summed E-state index contributed by atoms with van der Waals surface area (Å²) in [5, 5.41) is 10.2. The zero-order valence-electron chi connectivity index (χ0n) is 6.05. The Hall–Kier alpha value is -0.440. The van der Waals surface area contributed by atoms with Crippen molar-refractivity contribution in [3.8, 4) is 0 Å². The summed E-state index contributed by atoms with van der Waals surface area (Å²) in [7, 11) is 0. The van der Waals surface area contributed by atoms with Gasteiger partial charge >= 0.3 is 0 Å². The molecule has 0 aromatic carbocycles. The van der Waals surface area contributed by atoms with E-state index in [0.717, 1.165) is 0 Å². The van der Waals surface area contributed by atoms with Crippen LogP contribution in [0.25, 0.3) is 0 Å². The van der Waals surface area contributed by atoms with Crippen LogP contribution in [-0.4, -0.2) is 11.4 Å². The van der Waals surface area contributed by atoms with Gasteiger partial charge in [0.2, 0.25) is 6.29 Å². The van der Waals surface area contributed by atoms with Gasteiger partial charge < -0.3 is 9.84 Å². The van der Waals surface area contributed by atoms with Gasteiger partial charge in [0.1, 0.15) is 5.76 Å². The molecule has 12 heavy (non-hydrogen) atoms. The van der Waals surface area contributed by atoms with Crippen LogP contribution in [0.1, 0.15) is 6.42 Å². The summed E-state index contributed by atoms with van der Waals surface area (Å²) in [4.78, 5) is 0. The monoisotopic (exact) mass is 204 g/mol. The highest BCUT2D eigenvalue weighted by molar-refractivity contribution is 6.41. The Bertz CT molecular complexity index is 315. The average Bonchev–Trinajstić information content (AvgIpc) is 2.39. The number of aliphatic hydroxyl groups excluding tert-OH is 1. The van der Waals surface area contributed by atoms with E-state index < -0.39 is 6.29 Å². The lowest BCUT2D eigenvalue weighted by molar-refractivity contribution is -0.0108. The Kier molecular flexibility index (Phi) is 1.91. The highest BCUT2D eigenvalue weighted by atomic mass is 35.5. The molecule has 1 N–H and O–H groups in total. The first-order valence-corrected chi connectivity index (χ1v) is 4.25. The number of aliphatic hydroxyl groups is 1. The van der Waals surface area contributed by atoms with Crippen LogP contribution in [0.2, 0.25) is 0 Å². The van der Waals surface area contributed by atoms with Crippen LogP contribution >= 0.6 is 23.2 Å². The van der Waals surface area contributed by atoms with E-state index in [4.69, 9.17) is 33.0 Å². The van der Waals surface area contributed by atoms with Crippen molar-refractivity contribution in [3.05, 3.63) is 33.5 Å². The Morgan fingerprint density at radius 1 is 1.50 bits per heavy atom. The second-order valence-electron chi connectivity index (χ2n) is 2.58. The van der Waals surface area contributed by atoms with Crippen molar-refractivity contribution in [3.63, 3.8) is 0 Å². The summed E-state index contributed by atoms with van der Waals surface area (Å²) in [6, 6.07) is 0. The Morgan fingerprint density at radius 3 is 3.00 bits per heavy atom. The summed E-state index contributed by atoms with van der Waals surface area (Å²) in [6.45, 7) is 0. The van der Waals surface area contributed by atoms with Gasteiger partial charge in [-0.25, -0.2) is 0 Å². The largest absolute Gasteiger partial charge is 0.461 e. The Morgan fingerprint density at radius 2 is 2.25 bits per heavy atom. The summed E-state index contributed by atoms with van der Waals surface area (Å²) in [5.74, 6) is 0.622. The standard InChI is InChI=1S/C8H6Cl2O2/c9-5-1-2-6-4(8(5)10)3-7(11)12-6/h2-3,7,11H,1H2. The number of ether oxygens (including phenoxy) is 1. The van der Waals surface area contributed by atoms with Gasteiger partial charge in [-0.2, -0.15) is 0 Å². The minimum absolute atomic E-state index is 0.478. The third-order valence-electron chi connectivity index (χ3n) is 1.76. The minimum Gasteiger partial charge on any atom is -0.461 e. The van der Waals surface area contributed by atoms with Gasteiger partial charge in [-0.3, -0.25) is 0 Å². The summed E-state index contributed by atoms with van der Waals surface area (Å²) < 4.78 is 5.03. The molecule has 2 rings (SSSR count). The van der Waals surface area contributed by atoms with Gasteiger partial charge in [0, 0.05) is 17.0 Å². The topological polar surface area (TPSA) is 29.5 Å². The molecule has 1 unspecified atom stereocenters. The maximum atomic E-state index is 9.10. The number of fused-ring (bicyclic) bond motifs is 1. The van der Waals surface area contributed by atoms with Gasteiger partial charge in [0.05, 0.1) is 5.03 Å². The Labute approximate surface area is 79.7 Å². The molecule has 64 valence electrons. The van der Waals surface area contributed by atoms with Crippen LogP contribution < -0.4 is 0 Å². The predicted octanol–water partition coefficient (Wildman–Crippen LogP) is 2.24. The molecule has 1 aliphatic heterocycles. The van der Waals surface area contributed by atoms with E-state index >= 15 is 0 Å². The first kappa shape index (κ1) is 8.17. The molecular weight excluding hydrogens is 199 g/mol. The van der Waals surface area contributed by atoms with Gasteiger partial charge in [0.25, 0.3) is 0 Å². The molecule has 1 aliphatic carbocycles. The average molecular weight is 205 g/mol. The van der Waals surface area contributed by atoms with Crippen LogP contribution in [0.15, 0.2) is 33.5 Å². The molecule has 1 heterocycles. The fourth-order valence-electron chi connectivity index (χ4n) is 1.21. The molecule has 0 radical (unpaired) electrons. The minimum atomic E-state index is -0.887. The normalized spacial score (nSPS) is 27.8. The fourth-order valence-corrected chi connectivity index (χ4v) is 1.62. The van der Waals surface area contributed by atoms with Gasteiger partial charge in [-0.1, -0.05) is 23.2 Å². The fraction of sp³-hybridized carbons (Fsp3) is 0.250. The van der Waals surface area contributed by atoms with E-state index in [1.807, 2.05) is 0 Å². The maximum Gasteiger partial charge on any atom is 0.218 e. The van der Waals surface area contributed by atoms with Crippen molar-refractivity contribution in [1.82, 2.24) is 0 Å². The van der Waals surface area contributed by atoms with Crippen molar-refractivity contribution in [2.24, 2.45) is 0 Å². The van der Waals surface area contributed by atoms with Crippen LogP contribution in [0.4, 0.5) is 0 Å². The smallest absolute Gasteiger partial charge is 0.218 e. The summed E-state index contributed by atoms with van der Waals surface area (Å²) >= 11 is 11.7. The molecule has 4 heteroatoms. The van der Waals surface area contributed by atoms with E-state index in [1.165, 1.54) is 6.08 Å². The van der Waals surface area contributed by atoms with Crippen molar-refractivity contribution < 1.29 is 9.84 Å². The predicted molar refractivity (Wildman–Crippen MR) is 46.6 cm³/mol. The first-order valence-electron chi connectivity index (χ1n) is 3.50. The molecule has 2 aliphatic rings. The van der Waals surface area contributed by atoms with Crippen molar-refractivity contribution in [1.29, 1.82) is 0 Å². The Balaban J connectivity index is 2.42. The zero-order valence-corrected chi connectivity index (χ0v) is 7.56. The number of rotatable bonds is 0. The number of allylic oxidation sites excluding steroid dienone is 3. The molecule has 0 saturated carbocycles. The van der Waals surface area contributed by atoms with Crippen LogP contribution in [0.3, 0.4) is 0 Å². The quantitative estimate of drug-likeness (QED) is 0.657. The van der Waals surface area contributed by atoms with Gasteiger partial charge in [-0.05, 0) is 12.2 Å². The van der Waals surface area contributed by atoms with E-state index in [2.05, 4.69) is 0 Å². The first-order chi connectivity index (χ1) is 5.68. The van der Waals surface area contributed by atoms with Crippen LogP contribution in [0, 0.1) is 0 Å². The molecular formula is C8H6Cl2O2. The molecule has 0 aromatic heterocycles. The highest BCUT2D eigenvalue weighted by Gasteiger charge is 2.26. The lowest BCUT2D eigenvalue weighted by Crippen LogP contribution is -2.00. The van der Waals surface area contributed by atoms with Crippen LogP contribution in [-0.2, 0) is 4.74 Å². The third kappa shape index (κ3) is 1.16. The van der Waals surface area contributed by atoms with Crippen molar-refractivity contribution >= 4 is 23.2 Å².